The summed E-state index contributed by atoms with van der Waals surface area (Å²) in [4.78, 5) is 11.2. The van der Waals surface area contributed by atoms with Crippen molar-refractivity contribution in [2.75, 3.05) is 4.90 Å². The quantitative estimate of drug-likeness (QED) is 0.678. The van der Waals surface area contributed by atoms with E-state index in [9.17, 15) is 0 Å². The standard InChI is InChI=1S/C20H19N3/c1-2-17-9-11-20(12-10-17)23(15-18-7-3-5-13-21-18)16-19-8-4-6-14-22-19/h2-14H,1,15-16H2. The number of benzene rings is 1. The van der Waals surface area contributed by atoms with Crippen LogP contribution in [0.4, 0.5) is 5.69 Å². The van der Waals surface area contributed by atoms with Crippen LogP contribution in [-0.2, 0) is 13.1 Å². The van der Waals surface area contributed by atoms with Gasteiger partial charge in [0.25, 0.3) is 0 Å². The molecule has 0 aliphatic rings. The number of aromatic nitrogens is 2. The second kappa shape index (κ2) is 7.36. The molecule has 3 heteroatoms. The topological polar surface area (TPSA) is 29.0 Å². The van der Waals surface area contributed by atoms with E-state index in [4.69, 9.17) is 0 Å². The molecule has 0 unspecified atom stereocenters. The maximum Gasteiger partial charge on any atom is 0.0606 e. The van der Waals surface area contributed by atoms with Crippen LogP contribution in [0.3, 0.4) is 0 Å². The Bertz CT molecular complexity index is 695. The van der Waals surface area contributed by atoms with Gasteiger partial charge in [-0.25, -0.2) is 0 Å². The van der Waals surface area contributed by atoms with Crippen molar-refractivity contribution in [2.45, 2.75) is 13.1 Å². The fraction of sp³-hybridized carbons (Fsp3) is 0.100. The first-order chi connectivity index (χ1) is 11.3. The third-order valence-electron chi connectivity index (χ3n) is 3.65. The highest BCUT2D eigenvalue weighted by Gasteiger charge is 2.09. The average molecular weight is 301 g/mol. The molecule has 0 radical (unpaired) electrons. The van der Waals surface area contributed by atoms with E-state index in [0.717, 1.165) is 35.7 Å². The molecule has 0 saturated heterocycles. The molecule has 0 amide bonds. The molecule has 3 rings (SSSR count). The van der Waals surface area contributed by atoms with Crippen LogP contribution in [0.2, 0.25) is 0 Å². The predicted molar refractivity (Wildman–Crippen MR) is 94.9 cm³/mol. The SMILES string of the molecule is C=Cc1ccc(N(Cc2ccccn2)Cc2ccccn2)cc1. The van der Waals surface area contributed by atoms with Crippen molar-refractivity contribution < 1.29 is 0 Å². The van der Waals surface area contributed by atoms with Crippen molar-refractivity contribution >= 4 is 11.8 Å². The highest BCUT2D eigenvalue weighted by Crippen LogP contribution is 2.20. The number of hydrogen-bond acceptors (Lipinski definition) is 3. The molecule has 114 valence electrons. The summed E-state index contributed by atoms with van der Waals surface area (Å²) in [5.74, 6) is 0. The monoisotopic (exact) mass is 301 g/mol. The Kier molecular flexibility index (Phi) is 4.79. The summed E-state index contributed by atoms with van der Waals surface area (Å²) in [6, 6.07) is 20.4. The highest BCUT2D eigenvalue weighted by molar-refractivity contribution is 5.55. The lowest BCUT2D eigenvalue weighted by Crippen LogP contribution is -2.23. The van der Waals surface area contributed by atoms with Crippen molar-refractivity contribution in [1.82, 2.24) is 9.97 Å². The molecule has 2 aromatic heterocycles. The molecule has 0 aliphatic heterocycles. The number of nitrogens with zero attached hydrogens (tertiary/aromatic N) is 3. The van der Waals surface area contributed by atoms with Crippen molar-refractivity contribution in [3.63, 3.8) is 0 Å². The minimum atomic E-state index is 0.741. The molecule has 0 atom stereocenters. The molecule has 0 bridgehead atoms. The number of hydrogen-bond donors (Lipinski definition) is 0. The highest BCUT2D eigenvalue weighted by atomic mass is 15.1. The smallest absolute Gasteiger partial charge is 0.0606 e. The van der Waals surface area contributed by atoms with E-state index in [1.54, 1.807) is 0 Å². The van der Waals surface area contributed by atoms with Gasteiger partial charge < -0.3 is 4.90 Å². The predicted octanol–water partition coefficient (Wildman–Crippen LogP) is 4.33. The maximum absolute atomic E-state index is 4.44. The zero-order chi connectivity index (χ0) is 15.9. The lowest BCUT2D eigenvalue weighted by Gasteiger charge is -2.24. The minimum Gasteiger partial charge on any atom is -0.360 e. The molecule has 3 nitrogen and oxygen atoms in total. The second-order valence-electron chi connectivity index (χ2n) is 5.29. The Labute approximate surface area is 137 Å². The fourth-order valence-corrected chi connectivity index (χ4v) is 2.43. The van der Waals surface area contributed by atoms with Gasteiger partial charge in [0.15, 0.2) is 0 Å². The normalized spacial score (nSPS) is 10.3. The van der Waals surface area contributed by atoms with Gasteiger partial charge in [0.05, 0.1) is 24.5 Å². The Balaban J connectivity index is 1.86. The van der Waals surface area contributed by atoms with Gasteiger partial charge in [-0.05, 0) is 42.0 Å². The van der Waals surface area contributed by atoms with E-state index in [1.165, 1.54) is 0 Å². The Morgan fingerprint density at radius 1 is 0.783 bits per heavy atom. The van der Waals surface area contributed by atoms with Crippen LogP contribution in [0.15, 0.2) is 79.6 Å². The summed E-state index contributed by atoms with van der Waals surface area (Å²) in [5.41, 5.74) is 4.34. The van der Waals surface area contributed by atoms with Crippen LogP contribution in [0.1, 0.15) is 17.0 Å². The van der Waals surface area contributed by atoms with E-state index in [2.05, 4.69) is 45.7 Å². The number of pyridine rings is 2. The zero-order valence-electron chi connectivity index (χ0n) is 13.0. The van der Waals surface area contributed by atoms with Crippen LogP contribution in [-0.4, -0.2) is 9.97 Å². The molecular weight excluding hydrogens is 282 g/mol. The summed E-state index contributed by atoms with van der Waals surface area (Å²) in [5, 5.41) is 0. The third kappa shape index (κ3) is 4.04. The maximum atomic E-state index is 4.44. The summed E-state index contributed by atoms with van der Waals surface area (Å²) >= 11 is 0. The van der Waals surface area contributed by atoms with E-state index in [0.29, 0.717) is 0 Å². The molecule has 0 aliphatic carbocycles. The van der Waals surface area contributed by atoms with Crippen LogP contribution in [0, 0.1) is 0 Å². The van der Waals surface area contributed by atoms with Gasteiger partial charge in [-0.3, -0.25) is 9.97 Å². The lowest BCUT2D eigenvalue weighted by molar-refractivity contribution is 0.765. The molecule has 3 aromatic rings. The van der Waals surface area contributed by atoms with Crippen molar-refractivity contribution in [3.8, 4) is 0 Å². The largest absolute Gasteiger partial charge is 0.360 e. The van der Waals surface area contributed by atoms with Gasteiger partial charge in [0.1, 0.15) is 0 Å². The van der Waals surface area contributed by atoms with Crippen molar-refractivity contribution in [1.29, 1.82) is 0 Å². The van der Waals surface area contributed by atoms with Gasteiger partial charge in [-0.15, -0.1) is 0 Å². The first-order valence-electron chi connectivity index (χ1n) is 7.62. The van der Waals surface area contributed by atoms with Crippen LogP contribution >= 0.6 is 0 Å². The Morgan fingerprint density at radius 3 is 1.78 bits per heavy atom. The molecular formula is C20H19N3. The summed E-state index contributed by atoms with van der Waals surface area (Å²) < 4.78 is 0. The molecule has 0 N–H and O–H groups in total. The summed E-state index contributed by atoms with van der Waals surface area (Å²) in [7, 11) is 0. The van der Waals surface area contributed by atoms with Crippen LogP contribution < -0.4 is 4.90 Å². The second-order valence-corrected chi connectivity index (χ2v) is 5.29. The molecule has 0 fully saturated rings. The van der Waals surface area contributed by atoms with E-state index < -0.39 is 0 Å². The van der Waals surface area contributed by atoms with Gasteiger partial charge >= 0.3 is 0 Å². The third-order valence-corrected chi connectivity index (χ3v) is 3.65. The Morgan fingerprint density at radius 2 is 1.35 bits per heavy atom. The first-order valence-corrected chi connectivity index (χ1v) is 7.62. The van der Waals surface area contributed by atoms with E-state index in [1.807, 2.05) is 54.9 Å². The lowest BCUT2D eigenvalue weighted by atomic mass is 10.2. The van der Waals surface area contributed by atoms with E-state index >= 15 is 0 Å². The van der Waals surface area contributed by atoms with Gasteiger partial charge in [0.2, 0.25) is 0 Å². The summed E-state index contributed by atoms with van der Waals surface area (Å²) in [6.07, 6.45) is 5.51. The van der Waals surface area contributed by atoms with Crippen molar-refractivity contribution in [2.24, 2.45) is 0 Å². The molecule has 0 saturated carbocycles. The van der Waals surface area contributed by atoms with E-state index in [-0.39, 0.29) is 0 Å². The minimum absolute atomic E-state index is 0.741. The van der Waals surface area contributed by atoms with Crippen LogP contribution in [0.25, 0.3) is 6.08 Å². The molecule has 2 heterocycles. The van der Waals surface area contributed by atoms with Gasteiger partial charge in [-0.2, -0.15) is 0 Å². The van der Waals surface area contributed by atoms with Gasteiger partial charge in [-0.1, -0.05) is 36.9 Å². The number of rotatable bonds is 6. The molecule has 0 spiro atoms. The fourth-order valence-electron chi connectivity index (χ4n) is 2.43. The van der Waals surface area contributed by atoms with Crippen LogP contribution in [0.5, 0.6) is 0 Å². The first kappa shape index (κ1) is 15.0. The Hall–Kier alpha value is -2.94. The van der Waals surface area contributed by atoms with Crippen molar-refractivity contribution in [3.05, 3.63) is 96.6 Å². The van der Waals surface area contributed by atoms with Gasteiger partial charge in [0, 0.05) is 18.1 Å². The number of anilines is 1. The summed E-state index contributed by atoms with van der Waals surface area (Å²) in [6.45, 7) is 5.29. The average Bonchev–Trinajstić information content (AvgIpc) is 2.63. The molecule has 23 heavy (non-hydrogen) atoms. The molecule has 1 aromatic carbocycles. The zero-order valence-corrected chi connectivity index (χ0v) is 13.0.